The maximum atomic E-state index is 12.5. The van der Waals surface area contributed by atoms with E-state index in [-0.39, 0.29) is 22.8 Å². The quantitative estimate of drug-likeness (QED) is 0.544. The Labute approximate surface area is 180 Å². The molecule has 2 amide bonds. The summed E-state index contributed by atoms with van der Waals surface area (Å²) < 4.78 is 35.6. The minimum absolute atomic E-state index is 0.138. The molecule has 2 N–H and O–H groups in total. The van der Waals surface area contributed by atoms with Crippen LogP contribution in [0.5, 0.6) is 5.75 Å². The number of hydrazine groups is 1. The second-order valence-electron chi connectivity index (χ2n) is 6.88. The van der Waals surface area contributed by atoms with Crippen molar-refractivity contribution in [1.29, 1.82) is 0 Å². The van der Waals surface area contributed by atoms with Crippen LogP contribution in [0.25, 0.3) is 0 Å². The number of rotatable bonds is 7. The number of aryl methyl sites for hydroxylation is 2. The molecule has 0 bridgehead atoms. The lowest BCUT2D eigenvalue weighted by Crippen LogP contribution is -2.44. The van der Waals surface area contributed by atoms with Gasteiger partial charge >= 0.3 is 5.91 Å². The lowest BCUT2D eigenvalue weighted by atomic mass is 10.1. The van der Waals surface area contributed by atoms with Crippen LogP contribution in [0.15, 0.2) is 70.2 Å². The van der Waals surface area contributed by atoms with Crippen LogP contribution in [0.2, 0.25) is 0 Å². The summed E-state index contributed by atoms with van der Waals surface area (Å²) in [6, 6.07) is 14.7. The first-order chi connectivity index (χ1) is 14.8. The second kappa shape index (κ2) is 9.48. The molecule has 8 nitrogen and oxygen atoms in total. The SMILES string of the molecule is Cc1ccc(OCC(=O)NNC(=O)c2occc2CS(=O)(=O)c2ccccc2)cc1C. The number of amides is 2. The summed E-state index contributed by atoms with van der Waals surface area (Å²) in [6.07, 6.45) is 1.22. The van der Waals surface area contributed by atoms with Crippen molar-refractivity contribution >= 4 is 21.7 Å². The zero-order valence-electron chi connectivity index (χ0n) is 17.0. The average Bonchev–Trinajstić information content (AvgIpc) is 3.21. The van der Waals surface area contributed by atoms with E-state index in [9.17, 15) is 18.0 Å². The third-order valence-corrected chi connectivity index (χ3v) is 6.25. The second-order valence-corrected chi connectivity index (χ2v) is 8.87. The monoisotopic (exact) mass is 442 g/mol. The van der Waals surface area contributed by atoms with Gasteiger partial charge in [0.1, 0.15) is 5.75 Å². The molecule has 0 unspecified atom stereocenters. The van der Waals surface area contributed by atoms with Crippen LogP contribution in [-0.2, 0) is 20.4 Å². The first-order valence-electron chi connectivity index (χ1n) is 9.39. The zero-order valence-corrected chi connectivity index (χ0v) is 17.9. The van der Waals surface area contributed by atoms with Gasteiger partial charge in [-0.2, -0.15) is 0 Å². The number of furan rings is 1. The summed E-state index contributed by atoms with van der Waals surface area (Å²) in [7, 11) is -3.66. The van der Waals surface area contributed by atoms with Gasteiger partial charge in [0.05, 0.1) is 16.9 Å². The topological polar surface area (TPSA) is 115 Å². The van der Waals surface area contributed by atoms with E-state index in [0.717, 1.165) is 11.1 Å². The average molecular weight is 442 g/mol. The molecule has 3 rings (SSSR count). The molecular formula is C22H22N2O6S. The summed E-state index contributed by atoms with van der Waals surface area (Å²) in [6.45, 7) is 3.59. The molecular weight excluding hydrogens is 420 g/mol. The highest BCUT2D eigenvalue weighted by Crippen LogP contribution is 2.20. The van der Waals surface area contributed by atoms with Gasteiger partial charge in [-0.3, -0.25) is 20.4 Å². The van der Waals surface area contributed by atoms with Crippen LogP contribution < -0.4 is 15.6 Å². The van der Waals surface area contributed by atoms with Crippen LogP contribution >= 0.6 is 0 Å². The summed E-state index contributed by atoms with van der Waals surface area (Å²) in [4.78, 5) is 24.5. The number of carbonyl (C=O) groups is 2. The number of ether oxygens (including phenoxy) is 1. The third-order valence-electron chi connectivity index (χ3n) is 4.56. The molecule has 3 aromatic rings. The number of sulfone groups is 1. The molecule has 0 aliphatic rings. The highest BCUT2D eigenvalue weighted by molar-refractivity contribution is 7.90. The lowest BCUT2D eigenvalue weighted by Gasteiger charge is -2.10. The molecule has 1 aromatic heterocycles. The molecule has 2 aromatic carbocycles. The molecule has 0 spiro atoms. The minimum Gasteiger partial charge on any atom is -0.484 e. The van der Waals surface area contributed by atoms with E-state index >= 15 is 0 Å². The predicted octanol–water partition coefficient (Wildman–Crippen LogP) is 2.71. The number of benzene rings is 2. The van der Waals surface area contributed by atoms with Crippen molar-refractivity contribution in [2.75, 3.05) is 6.61 Å². The first-order valence-corrected chi connectivity index (χ1v) is 11.0. The highest BCUT2D eigenvalue weighted by atomic mass is 32.2. The fourth-order valence-corrected chi connectivity index (χ4v) is 4.11. The number of hydrogen-bond acceptors (Lipinski definition) is 6. The Balaban J connectivity index is 1.56. The highest BCUT2D eigenvalue weighted by Gasteiger charge is 2.22. The Morgan fingerprint density at radius 2 is 1.71 bits per heavy atom. The van der Waals surface area contributed by atoms with Crippen LogP contribution in [0.1, 0.15) is 27.2 Å². The Kier molecular flexibility index (Phi) is 6.76. The largest absolute Gasteiger partial charge is 0.484 e. The van der Waals surface area contributed by atoms with E-state index in [0.29, 0.717) is 5.75 Å². The summed E-state index contributed by atoms with van der Waals surface area (Å²) in [5.74, 6) is -1.45. The smallest absolute Gasteiger partial charge is 0.305 e. The summed E-state index contributed by atoms with van der Waals surface area (Å²) >= 11 is 0. The molecule has 0 saturated heterocycles. The van der Waals surface area contributed by atoms with E-state index in [2.05, 4.69) is 10.9 Å². The van der Waals surface area contributed by atoms with Gasteiger partial charge in [-0.05, 0) is 55.3 Å². The maximum absolute atomic E-state index is 12.5. The zero-order chi connectivity index (χ0) is 22.4. The van der Waals surface area contributed by atoms with Crippen molar-refractivity contribution in [3.63, 3.8) is 0 Å². The fourth-order valence-electron chi connectivity index (χ4n) is 2.74. The Morgan fingerprint density at radius 3 is 2.42 bits per heavy atom. The Hall–Kier alpha value is -3.59. The van der Waals surface area contributed by atoms with Gasteiger partial charge in [0.25, 0.3) is 5.91 Å². The van der Waals surface area contributed by atoms with Gasteiger partial charge in [0.15, 0.2) is 22.2 Å². The molecule has 0 radical (unpaired) electrons. The molecule has 9 heteroatoms. The van der Waals surface area contributed by atoms with Crippen molar-refractivity contribution in [2.24, 2.45) is 0 Å². The van der Waals surface area contributed by atoms with Crippen molar-refractivity contribution in [3.05, 3.63) is 83.3 Å². The van der Waals surface area contributed by atoms with E-state index < -0.39 is 27.4 Å². The van der Waals surface area contributed by atoms with Gasteiger partial charge < -0.3 is 9.15 Å². The van der Waals surface area contributed by atoms with E-state index in [4.69, 9.17) is 9.15 Å². The first kappa shape index (κ1) is 22.1. The predicted molar refractivity (Wildman–Crippen MR) is 113 cm³/mol. The van der Waals surface area contributed by atoms with E-state index in [1.54, 1.807) is 24.3 Å². The third kappa shape index (κ3) is 5.73. The van der Waals surface area contributed by atoms with Crippen LogP contribution in [0.3, 0.4) is 0 Å². The molecule has 0 aliphatic heterocycles. The minimum atomic E-state index is -3.66. The normalized spacial score (nSPS) is 11.0. The number of hydrogen-bond donors (Lipinski definition) is 2. The van der Waals surface area contributed by atoms with Crippen LogP contribution in [-0.4, -0.2) is 26.8 Å². The number of carbonyl (C=O) groups excluding carboxylic acids is 2. The van der Waals surface area contributed by atoms with Crippen LogP contribution in [0.4, 0.5) is 0 Å². The lowest BCUT2D eigenvalue weighted by molar-refractivity contribution is -0.123. The van der Waals surface area contributed by atoms with Crippen molar-refractivity contribution in [3.8, 4) is 5.75 Å². The van der Waals surface area contributed by atoms with Crippen molar-refractivity contribution < 1.29 is 27.2 Å². The van der Waals surface area contributed by atoms with Crippen molar-refractivity contribution in [1.82, 2.24) is 10.9 Å². The fraction of sp³-hybridized carbons (Fsp3) is 0.182. The van der Waals surface area contributed by atoms with Gasteiger partial charge in [-0.15, -0.1) is 0 Å². The molecule has 0 atom stereocenters. The van der Waals surface area contributed by atoms with Gasteiger partial charge in [0, 0.05) is 5.56 Å². The van der Waals surface area contributed by atoms with Gasteiger partial charge in [-0.25, -0.2) is 8.42 Å². The van der Waals surface area contributed by atoms with E-state index in [1.807, 2.05) is 26.0 Å². The van der Waals surface area contributed by atoms with Crippen LogP contribution in [0, 0.1) is 13.8 Å². The summed E-state index contributed by atoms with van der Waals surface area (Å²) in [5.41, 5.74) is 6.73. The molecule has 31 heavy (non-hydrogen) atoms. The molecule has 0 saturated carbocycles. The molecule has 1 heterocycles. The summed E-state index contributed by atoms with van der Waals surface area (Å²) in [5, 5.41) is 0. The van der Waals surface area contributed by atoms with Gasteiger partial charge in [0.2, 0.25) is 0 Å². The van der Waals surface area contributed by atoms with Gasteiger partial charge in [-0.1, -0.05) is 24.3 Å². The maximum Gasteiger partial charge on any atom is 0.305 e. The van der Waals surface area contributed by atoms with E-state index in [1.165, 1.54) is 24.5 Å². The Morgan fingerprint density at radius 1 is 0.968 bits per heavy atom. The Bertz CT molecular complexity index is 1190. The van der Waals surface area contributed by atoms with Crippen molar-refractivity contribution in [2.45, 2.75) is 24.5 Å². The molecule has 162 valence electrons. The molecule has 0 fully saturated rings. The standard InChI is InChI=1S/C22H22N2O6S/c1-15-8-9-18(12-16(15)2)30-13-20(25)23-24-22(26)21-17(10-11-29-21)14-31(27,28)19-6-4-3-5-7-19/h3-12H,13-14H2,1-2H3,(H,23,25)(H,24,26). The molecule has 0 aliphatic carbocycles. The number of nitrogens with one attached hydrogen (secondary N) is 2.